The molecule has 88 valence electrons. The van der Waals surface area contributed by atoms with Crippen LogP contribution in [0.2, 0.25) is 0 Å². The first-order valence-corrected chi connectivity index (χ1v) is 5.90. The average molecular weight is 287 g/mol. The molecule has 1 aromatic rings. The fraction of sp³-hybridized carbons (Fsp3) is 0.417. The van der Waals surface area contributed by atoms with Crippen LogP contribution in [0, 0.1) is 0 Å². The van der Waals surface area contributed by atoms with Gasteiger partial charge in [0.25, 0.3) is 0 Å². The van der Waals surface area contributed by atoms with Gasteiger partial charge >= 0.3 is 5.97 Å². The molecule has 0 unspecified atom stereocenters. The molecule has 0 aliphatic carbocycles. The van der Waals surface area contributed by atoms with Gasteiger partial charge in [-0.15, -0.1) is 0 Å². The second-order valence-electron chi connectivity index (χ2n) is 3.36. The van der Waals surface area contributed by atoms with E-state index in [9.17, 15) is 4.79 Å². The van der Waals surface area contributed by atoms with Crippen LogP contribution in [-0.4, -0.2) is 19.7 Å². The van der Waals surface area contributed by atoms with Crippen LogP contribution in [0.3, 0.4) is 0 Å². The summed E-state index contributed by atoms with van der Waals surface area (Å²) in [4.78, 5) is 10.8. The van der Waals surface area contributed by atoms with Crippen LogP contribution in [0.25, 0.3) is 0 Å². The summed E-state index contributed by atoms with van der Waals surface area (Å²) in [6, 6.07) is 7.96. The number of carbonyl (C=O) groups excluding carboxylic acids is 1. The lowest BCUT2D eigenvalue weighted by Crippen LogP contribution is -2.03. The summed E-state index contributed by atoms with van der Waals surface area (Å²) < 4.78 is 11.0. The lowest BCUT2D eigenvalue weighted by molar-refractivity contribution is -0.141. The molecule has 0 heterocycles. The third-order valence-corrected chi connectivity index (χ3v) is 2.55. The average Bonchev–Trinajstić information content (AvgIpc) is 2.28. The molecule has 0 saturated carbocycles. The Bertz CT molecular complexity index is 339. The topological polar surface area (TPSA) is 35.5 Å². The van der Waals surface area contributed by atoms with Crippen molar-refractivity contribution in [3.63, 3.8) is 0 Å². The first-order chi connectivity index (χ1) is 7.72. The molecule has 0 spiro atoms. The lowest BCUT2D eigenvalue weighted by atomic mass is 10.2. The van der Waals surface area contributed by atoms with Crippen LogP contribution in [0.4, 0.5) is 0 Å². The van der Waals surface area contributed by atoms with Crippen LogP contribution in [0.15, 0.2) is 28.7 Å². The van der Waals surface area contributed by atoms with Crippen LogP contribution in [-0.2, 0) is 20.9 Å². The van der Waals surface area contributed by atoms with Crippen molar-refractivity contribution in [1.82, 2.24) is 0 Å². The third-order valence-electron chi connectivity index (χ3n) is 2.06. The Morgan fingerprint density at radius 3 is 2.94 bits per heavy atom. The monoisotopic (exact) mass is 286 g/mol. The number of hydrogen-bond donors (Lipinski definition) is 0. The summed E-state index contributed by atoms with van der Waals surface area (Å²) in [5.41, 5.74) is 1.12. The molecule has 16 heavy (non-hydrogen) atoms. The molecule has 0 fully saturated rings. The molecule has 1 aromatic carbocycles. The normalized spacial score (nSPS) is 10.1. The molecular weight excluding hydrogens is 272 g/mol. The van der Waals surface area contributed by atoms with Gasteiger partial charge in [0.05, 0.1) is 13.7 Å². The Morgan fingerprint density at radius 2 is 2.25 bits per heavy atom. The molecule has 0 N–H and O–H groups in total. The maximum Gasteiger partial charge on any atom is 0.305 e. The number of benzene rings is 1. The zero-order valence-corrected chi connectivity index (χ0v) is 10.8. The highest BCUT2D eigenvalue weighted by molar-refractivity contribution is 9.10. The first-order valence-electron chi connectivity index (χ1n) is 5.11. The number of hydrogen-bond acceptors (Lipinski definition) is 3. The number of carbonyl (C=O) groups is 1. The molecule has 0 amide bonds. The fourth-order valence-corrected chi connectivity index (χ4v) is 1.68. The lowest BCUT2D eigenvalue weighted by Gasteiger charge is -2.04. The predicted octanol–water partition coefficient (Wildman–Crippen LogP) is 2.92. The molecule has 0 aliphatic heterocycles. The summed E-state index contributed by atoms with van der Waals surface area (Å²) in [5, 5.41) is 0. The van der Waals surface area contributed by atoms with Crippen LogP contribution in [0.1, 0.15) is 18.4 Å². The van der Waals surface area contributed by atoms with E-state index in [-0.39, 0.29) is 5.97 Å². The maximum atomic E-state index is 10.8. The minimum absolute atomic E-state index is 0.189. The summed E-state index contributed by atoms with van der Waals surface area (Å²) in [6.45, 7) is 1.14. The molecule has 0 radical (unpaired) electrons. The van der Waals surface area contributed by atoms with E-state index in [1.54, 1.807) is 0 Å². The van der Waals surface area contributed by atoms with Crippen molar-refractivity contribution in [2.24, 2.45) is 0 Å². The quantitative estimate of drug-likeness (QED) is 0.596. The van der Waals surface area contributed by atoms with E-state index >= 15 is 0 Å². The van der Waals surface area contributed by atoms with Crippen molar-refractivity contribution in [2.45, 2.75) is 19.4 Å². The highest BCUT2D eigenvalue weighted by atomic mass is 79.9. The van der Waals surface area contributed by atoms with Gasteiger partial charge in [0.2, 0.25) is 0 Å². The van der Waals surface area contributed by atoms with Crippen LogP contribution < -0.4 is 0 Å². The smallest absolute Gasteiger partial charge is 0.305 e. The van der Waals surface area contributed by atoms with Crippen molar-refractivity contribution in [3.05, 3.63) is 34.3 Å². The second-order valence-corrected chi connectivity index (χ2v) is 4.28. The number of esters is 1. The molecule has 0 bridgehead atoms. The Hall–Kier alpha value is -0.870. The van der Waals surface area contributed by atoms with E-state index in [1.807, 2.05) is 24.3 Å². The number of ether oxygens (including phenoxy) is 2. The highest BCUT2D eigenvalue weighted by Crippen LogP contribution is 2.12. The summed E-state index contributed by atoms with van der Waals surface area (Å²) in [5.74, 6) is -0.189. The maximum absolute atomic E-state index is 10.8. The molecule has 0 saturated heterocycles. The molecular formula is C12H15BrO3. The standard InChI is InChI=1S/C12H15BrO3/c1-15-12(14)6-3-7-16-9-10-4-2-5-11(13)8-10/h2,4-5,8H,3,6-7,9H2,1H3. The van der Waals surface area contributed by atoms with Gasteiger partial charge in [0.1, 0.15) is 0 Å². The highest BCUT2D eigenvalue weighted by Gasteiger charge is 1.99. The van der Waals surface area contributed by atoms with E-state index in [4.69, 9.17) is 4.74 Å². The molecule has 3 nitrogen and oxygen atoms in total. The van der Waals surface area contributed by atoms with Gasteiger partial charge < -0.3 is 9.47 Å². The molecule has 0 atom stereocenters. The Balaban J connectivity index is 2.14. The minimum Gasteiger partial charge on any atom is -0.469 e. The Morgan fingerprint density at radius 1 is 1.44 bits per heavy atom. The van der Waals surface area contributed by atoms with Gasteiger partial charge in [-0.25, -0.2) is 0 Å². The van der Waals surface area contributed by atoms with Crippen molar-refractivity contribution in [2.75, 3.05) is 13.7 Å². The summed E-state index contributed by atoms with van der Waals surface area (Å²) in [7, 11) is 1.39. The minimum atomic E-state index is -0.189. The molecule has 4 heteroatoms. The van der Waals surface area contributed by atoms with Gasteiger partial charge in [0, 0.05) is 17.5 Å². The number of rotatable bonds is 6. The first kappa shape index (κ1) is 13.2. The SMILES string of the molecule is COC(=O)CCCOCc1cccc(Br)c1. The zero-order chi connectivity index (χ0) is 11.8. The second kappa shape index (κ2) is 7.41. The van der Waals surface area contributed by atoms with E-state index in [0.717, 1.165) is 10.0 Å². The molecule has 0 aliphatic rings. The van der Waals surface area contributed by atoms with Gasteiger partial charge in [-0.05, 0) is 24.1 Å². The largest absolute Gasteiger partial charge is 0.469 e. The van der Waals surface area contributed by atoms with Gasteiger partial charge in [0.15, 0.2) is 0 Å². The van der Waals surface area contributed by atoms with Crippen molar-refractivity contribution in [1.29, 1.82) is 0 Å². The van der Waals surface area contributed by atoms with Gasteiger partial charge in [-0.1, -0.05) is 28.1 Å². The van der Waals surface area contributed by atoms with E-state index in [1.165, 1.54) is 7.11 Å². The number of methoxy groups -OCH3 is 1. The number of halogens is 1. The van der Waals surface area contributed by atoms with Gasteiger partial charge in [-0.2, -0.15) is 0 Å². The summed E-state index contributed by atoms with van der Waals surface area (Å²) in [6.07, 6.45) is 1.11. The van der Waals surface area contributed by atoms with E-state index in [2.05, 4.69) is 20.7 Å². The van der Waals surface area contributed by atoms with E-state index < -0.39 is 0 Å². The van der Waals surface area contributed by atoms with Crippen LogP contribution >= 0.6 is 15.9 Å². The van der Waals surface area contributed by atoms with Crippen LogP contribution in [0.5, 0.6) is 0 Å². The summed E-state index contributed by atoms with van der Waals surface area (Å²) >= 11 is 3.40. The molecule has 1 rings (SSSR count). The van der Waals surface area contributed by atoms with Gasteiger partial charge in [-0.3, -0.25) is 4.79 Å². The Kier molecular flexibility index (Phi) is 6.11. The van der Waals surface area contributed by atoms with Crippen molar-refractivity contribution in [3.8, 4) is 0 Å². The van der Waals surface area contributed by atoms with Crippen molar-refractivity contribution >= 4 is 21.9 Å². The molecule has 0 aromatic heterocycles. The third kappa shape index (κ3) is 5.28. The van der Waals surface area contributed by atoms with E-state index in [0.29, 0.717) is 26.1 Å². The predicted molar refractivity (Wildman–Crippen MR) is 65.0 cm³/mol. The van der Waals surface area contributed by atoms with Crippen molar-refractivity contribution < 1.29 is 14.3 Å². The fourth-order valence-electron chi connectivity index (χ4n) is 1.24. The Labute approximate surface area is 104 Å². The zero-order valence-electron chi connectivity index (χ0n) is 9.24.